The van der Waals surface area contributed by atoms with Crippen molar-refractivity contribution in [2.45, 2.75) is 64.7 Å². The number of nitriles is 1. The van der Waals surface area contributed by atoms with E-state index in [1.165, 1.54) is 31.2 Å². The Hall–Kier alpha value is -2.54. The molecule has 4 nitrogen and oxygen atoms in total. The Morgan fingerprint density at radius 2 is 1.85 bits per heavy atom. The third kappa shape index (κ3) is 4.60. The number of nitrogens with two attached hydrogens (primary N) is 1. The van der Waals surface area contributed by atoms with Crippen LogP contribution in [0.4, 0.5) is 5.82 Å². The van der Waals surface area contributed by atoms with Crippen molar-refractivity contribution in [3.63, 3.8) is 0 Å². The Bertz CT molecular complexity index is 806. The van der Waals surface area contributed by atoms with E-state index < -0.39 is 0 Å². The SMILES string of the molecule is CCCCCCOc1ccc(-c2c(C#N)c(N)nc3c2CCCCC3)cc1. The molecule has 0 aliphatic heterocycles. The maximum absolute atomic E-state index is 9.68. The number of ether oxygens (including phenoxy) is 1. The third-order valence-electron chi connectivity index (χ3n) is 5.27. The average molecular weight is 364 g/mol. The van der Waals surface area contributed by atoms with Crippen LogP contribution in [0.15, 0.2) is 24.3 Å². The van der Waals surface area contributed by atoms with E-state index in [0.717, 1.165) is 61.3 Å². The lowest BCUT2D eigenvalue weighted by Gasteiger charge is -2.16. The smallest absolute Gasteiger partial charge is 0.142 e. The molecule has 2 aromatic rings. The molecule has 1 aliphatic carbocycles. The molecule has 0 amide bonds. The molecule has 0 atom stereocenters. The Balaban J connectivity index is 1.85. The summed E-state index contributed by atoms with van der Waals surface area (Å²) in [6.45, 7) is 2.96. The fraction of sp³-hybridized carbons (Fsp3) is 0.478. The zero-order valence-electron chi connectivity index (χ0n) is 16.3. The molecule has 0 radical (unpaired) electrons. The number of benzene rings is 1. The first-order valence-electron chi connectivity index (χ1n) is 10.2. The number of fused-ring (bicyclic) bond motifs is 1. The minimum atomic E-state index is 0.351. The lowest BCUT2D eigenvalue weighted by molar-refractivity contribution is 0.305. The predicted molar refractivity (Wildman–Crippen MR) is 110 cm³/mol. The summed E-state index contributed by atoms with van der Waals surface area (Å²) in [6, 6.07) is 10.4. The molecule has 0 spiro atoms. The van der Waals surface area contributed by atoms with Gasteiger partial charge in [-0.25, -0.2) is 4.98 Å². The number of hydrogen-bond donors (Lipinski definition) is 1. The molecule has 0 saturated heterocycles. The molecule has 3 rings (SSSR count). The van der Waals surface area contributed by atoms with E-state index in [2.05, 4.69) is 18.0 Å². The molecule has 2 N–H and O–H groups in total. The van der Waals surface area contributed by atoms with E-state index in [9.17, 15) is 5.26 Å². The predicted octanol–water partition coefficient (Wildman–Crippen LogP) is 5.43. The molecule has 1 aliphatic rings. The molecule has 0 fully saturated rings. The minimum absolute atomic E-state index is 0.351. The van der Waals surface area contributed by atoms with E-state index in [4.69, 9.17) is 10.5 Å². The van der Waals surface area contributed by atoms with Crippen molar-refractivity contribution < 1.29 is 4.74 Å². The lowest BCUT2D eigenvalue weighted by Crippen LogP contribution is -2.07. The molecular weight excluding hydrogens is 334 g/mol. The number of unbranched alkanes of at least 4 members (excludes halogenated alkanes) is 3. The topological polar surface area (TPSA) is 71.9 Å². The molecule has 0 bridgehead atoms. The second-order valence-electron chi connectivity index (χ2n) is 7.28. The van der Waals surface area contributed by atoms with Gasteiger partial charge in [0, 0.05) is 11.3 Å². The fourth-order valence-corrected chi connectivity index (χ4v) is 3.81. The molecule has 142 valence electrons. The highest BCUT2D eigenvalue weighted by atomic mass is 16.5. The number of hydrogen-bond acceptors (Lipinski definition) is 4. The highest BCUT2D eigenvalue weighted by Crippen LogP contribution is 2.36. The Kier molecular flexibility index (Phi) is 6.70. The number of rotatable bonds is 7. The van der Waals surface area contributed by atoms with Gasteiger partial charge in [-0.05, 0) is 55.4 Å². The first-order chi connectivity index (χ1) is 13.2. The van der Waals surface area contributed by atoms with Gasteiger partial charge in [0.1, 0.15) is 23.2 Å². The second-order valence-corrected chi connectivity index (χ2v) is 7.28. The van der Waals surface area contributed by atoms with Crippen LogP contribution in [-0.4, -0.2) is 11.6 Å². The zero-order chi connectivity index (χ0) is 19.1. The number of aromatic nitrogens is 1. The van der Waals surface area contributed by atoms with Crippen molar-refractivity contribution in [2.24, 2.45) is 0 Å². The number of nitrogens with zero attached hydrogens (tertiary/aromatic N) is 2. The van der Waals surface area contributed by atoms with Crippen LogP contribution in [-0.2, 0) is 12.8 Å². The zero-order valence-corrected chi connectivity index (χ0v) is 16.3. The molecule has 27 heavy (non-hydrogen) atoms. The fourth-order valence-electron chi connectivity index (χ4n) is 3.81. The van der Waals surface area contributed by atoms with Crippen LogP contribution in [0.1, 0.15) is 68.7 Å². The molecule has 4 heteroatoms. The molecule has 1 aromatic carbocycles. The molecule has 1 heterocycles. The summed E-state index contributed by atoms with van der Waals surface area (Å²) in [4.78, 5) is 4.54. The van der Waals surface area contributed by atoms with E-state index in [0.29, 0.717) is 11.4 Å². The number of nitrogen functional groups attached to an aromatic ring is 1. The van der Waals surface area contributed by atoms with Crippen molar-refractivity contribution in [3.05, 3.63) is 41.1 Å². The van der Waals surface area contributed by atoms with Crippen molar-refractivity contribution in [1.29, 1.82) is 5.26 Å². The van der Waals surface area contributed by atoms with Crippen molar-refractivity contribution >= 4 is 5.82 Å². The highest BCUT2D eigenvalue weighted by Gasteiger charge is 2.21. The van der Waals surface area contributed by atoms with Crippen LogP contribution in [0, 0.1) is 11.3 Å². The van der Waals surface area contributed by atoms with Gasteiger partial charge in [-0.2, -0.15) is 5.26 Å². The van der Waals surface area contributed by atoms with Gasteiger partial charge in [-0.15, -0.1) is 0 Å². The molecule has 0 saturated carbocycles. The maximum Gasteiger partial charge on any atom is 0.142 e. The van der Waals surface area contributed by atoms with Gasteiger partial charge in [0.2, 0.25) is 0 Å². The summed E-state index contributed by atoms with van der Waals surface area (Å²) in [7, 11) is 0. The van der Waals surface area contributed by atoms with Crippen LogP contribution in [0.5, 0.6) is 5.75 Å². The summed E-state index contributed by atoms with van der Waals surface area (Å²) >= 11 is 0. The van der Waals surface area contributed by atoms with Crippen LogP contribution in [0.3, 0.4) is 0 Å². The standard InChI is InChI=1S/C23H29N3O/c1-2-3-4-8-15-27-18-13-11-17(12-14-18)22-19-9-6-5-7-10-21(19)26-23(25)20(22)16-24/h11-14H,2-10,15H2,1H3,(H2,25,26). The van der Waals surface area contributed by atoms with Crippen molar-refractivity contribution in [2.75, 3.05) is 12.3 Å². The average Bonchev–Trinajstić information content (AvgIpc) is 2.92. The number of anilines is 1. The molecular formula is C23H29N3O. The van der Waals surface area contributed by atoms with Crippen molar-refractivity contribution in [1.82, 2.24) is 4.98 Å². The van der Waals surface area contributed by atoms with E-state index >= 15 is 0 Å². The maximum atomic E-state index is 9.68. The van der Waals surface area contributed by atoms with Gasteiger partial charge in [0.05, 0.1) is 6.61 Å². The Morgan fingerprint density at radius 1 is 1.07 bits per heavy atom. The van der Waals surface area contributed by atoms with Crippen molar-refractivity contribution in [3.8, 4) is 22.9 Å². The summed E-state index contributed by atoms with van der Waals surface area (Å²) in [5, 5.41) is 9.68. The van der Waals surface area contributed by atoms with Crippen LogP contribution in [0.2, 0.25) is 0 Å². The van der Waals surface area contributed by atoms with Crippen LogP contribution < -0.4 is 10.5 Å². The first kappa shape index (κ1) is 19.2. The first-order valence-corrected chi connectivity index (χ1v) is 10.2. The van der Waals surface area contributed by atoms with E-state index in [1.54, 1.807) is 0 Å². The van der Waals surface area contributed by atoms with E-state index in [-0.39, 0.29) is 0 Å². The summed E-state index contributed by atoms with van der Waals surface area (Å²) in [5.41, 5.74) is 10.9. The number of pyridine rings is 1. The minimum Gasteiger partial charge on any atom is -0.494 e. The summed E-state index contributed by atoms with van der Waals surface area (Å²) in [5.74, 6) is 1.23. The van der Waals surface area contributed by atoms with Gasteiger partial charge in [-0.1, -0.05) is 44.7 Å². The van der Waals surface area contributed by atoms with Crippen LogP contribution >= 0.6 is 0 Å². The Morgan fingerprint density at radius 3 is 2.59 bits per heavy atom. The van der Waals surface area contributed by atoms with Gasteiger partial charge in [-0.3, -0.25) is 0 Å². The third-order valence-corrected chi connectivity index (χ3v) is 5.27. The number of aryl methyl sites for hydroxylation is 1. The summed E-state index contributed by atoms with van der Waals surface area (Å²) in [6.07, 6.45) is 10.2. The summed E-state index contributed by atoms with van der Waals surface area (Å²) < 4.78 is 5.85. The monoisotopic (exact) mass is 363 g/mol. The quantitative estimate of drug-likeness (QED) is 0.526. The van der Waals surface area contributed by atoms with Gasteiger partial charge >= 0.3 is 0 Å². The van der Waals surface area contributed by atoms with Gasteiger partial charge in [0.25, 0.3) is 0 Å². The highest BCUT2D eigenvalue weighted by molar-refractivity contribution is 5.79. The Labute approximate surface area is 162 Å². The normalized spacial score (nSPS) is 13.5. The lowest BCUT2D eigenvalue weighted by atomic mass is 9.92. The van der Waals surface area contributed by atoms with Gasteiger partial charge < -0.3 is 10.5 Å². The van der Waals surface area contributed by atoms with Gasteiger partial charge in [0.15, 0.2) is 0 Å². The molecule has 1 aromatic heterocycles. The largest absolute Gasteiger partial charge is 0.494 e. The molecule has 0 unspecified atom stereocenters. The van der Waals surface area contributed by atoms with E-state index in [1.807, 2.05) is 24.3 Å². The van der Waals surface area contributed by atoms with Crippen LogP contribution in [0.25, 0.3) is 11.1 Å². The second kappa shape index (κ2) is 9.41.